The summed E-state index contributed by atoms with van der Waals surface area (Å²) < 4.78 is 17.4. The zero-order chi connectivity index (χ0) is 25.2. The number of aromatic nitrogens is 3. The SMILES string of the molecule is CC(C)NC(=O)Nc1ccc(-c2c(N)c3ccc(S(=O)CCn4ccnc4)cc3n2C2CCC2)cc1. The molecule has 1 aliphatic carbocycles. The fraction of sp³-hybridized carbons (Fsp3) is 0.333. The number of nitrogens with two attached hydrogens (primary N) is 1. The Morgan fingerprint density at radius 1 is 1.19 bits per heavy atom. The molecule has 1 atom stereocenters. The summed E-state index contributed by atoms with van der Waals surface area (Å²) >= 11 is 0. The van der Waals surface area contributed by atoms with E-state index in [1.807, 2.05) is 67.1 Å². The second kappa shape index (κ2) is 10.2. The average molecular weight is 505 g/mol. The number of nitrogens with one attached hydrogen (secondary N) is 2. The van der Waals surface area contributed by atoms with Crippen LogP contribution in [-0.4, -0.2) is 36.2 Å². The molecule has 9 heteroatoms. The van der Waals surface area contributed by atoms with E-state index < -0.39 is 10.8 Å². The smallest absolute Gasteiger partial charge is 0.319 e. The average Bonchev–Trinajstić information content (AvgIpc) is 3.43. The van der Waals surface area contributed by atoms with Crippen LogP contribution in [0.5, 0.6) is 0 Å². The number of benzene rings is 2. The second-order valence-electron chi connectivity index (χ2n) is 9.58. The van der Waals surface area contributed by atoms with E-state index in [1.54, 1.807) is 12.5 Å². The summed E-state index contributed by atoms with van der Waals surface area (Å²) in [5, 5.41) is 6.68. The van der Waals surface area contributed by atoms with Crippen LogP contribution in [0.3, 0.4) is 0 Å². The first kappa shape index (κ1) is 24.1. The van der Waals surface area contributed by atoms with Crippen LogP contribution in [0.25, 0.3) is 22.2 Å². The van der Waals surface area contributed by atoms with Gasteiger partial charge in [-0.1, -0.05) is 12.1 Å². The molecule has 0 aliphatic heterocycles. The maximum Gasteiger partial charge on any atom is 0.319 e. The van der Waals surface area contributed by atoms with Gasteiger partial charge in [0.05, 0.1) is 34.0 Å². The normalized spacial score (nSPS) is 14.6. The van der Waals surface area contributed by atoms with E-state index in [0.29, 0.717) is 18.3 Å². The number of urea groups is 1. The maximum atomic E-state index is 13.1. The lowest BCUT2D eigenvalue weighted by molar-refractivity contribution is 0.250. The Morgan fingerprint density at radius 3 is 2.61 bits per heavy atom. The van der Waals surface area contributed by atoms with Gasteiger partial charge < -0.3 is 25.5 Å². The van der Waals surface area contributed by atoms with Crippen molar-refractivity contribution in [1.29, 1.82) is 0 Å². The number of nitrogens with zero attached hydrogens (tertiary/aromatic N) is 3. The molecule has 0 spiro atoms. The van der Waals surface area contributed by atoms with Crippen LogP contribution in [-0.2, 0) is 17.3 Å². The van der Waals surface area contributed by atoms with Crippen LogP contribution < -0.4 is 16.4 Å². The van der Waals surface area contributed by atoms with Crippen molar-refractivity contribution >= 4 is 39.1 Å². The topological polar surface area (TPSA) is 107 Å². The number of rotatable bonds is 8. The first-order valence-corrected chi connectivity index (χ1v) is 13.7. The van der Waals surface area contributed by atoms with Gasteiger partial charge in [-0.2, -0.15) is 0 Å². The fourth-order valence-electron chi connectivity index (χ4n) is 4.64. The predicted molar refractivity (Wildman–Crippen MR) is 145 cm³/mol. The largest absolute Gasteiger partial charge is 0.396 e. The summed E-state index contributed by atoms with van der Waals surface area (Å²) in [6.07, 6.45) is 8.74. The van der Waals surface area contributed by atoms with Gasteiger partial charge in [0.1, 0.15) is 0 Å². The van der Waals surface area contributed by atoms with Gasteiger partial charge in [-0.3, -0.25) is 4.21 Å². The van der Waals surface area contributed by atoms with Crippen molar-refractivity contribution in [2.24, 2.45) is 0 Å². The standard InChI is InChI=1S/C27H32N6O2S/c1-18(2)30-27(34)31-20-8-6-19(7-9-20)26-25(28)23-11-10-22(16-24(23)33(26)21-4-3-5-21)36(35)15-14-32-13-12-29-17-32/h6-13,16-18,21H,3-5,14-15,28H2,1-2H3,(H2,30,31,34). The number of nitrogen functional groups attached to an aromatic ring is 1. The lowest BCUT2D eigenvalue weighted by Crippen LogP contribution is -2.34. The summed E-state index contributed by atoms with van der Waals surface area (Å²) in [6, 6.07) is 14.0. The molecule has 1 saturated carbocycles. The molecule has 1 unspecified atom stereocenters. The van der Waals surface area contributed by atoms with Crippen LogP contribution in [0.2, 0.25) is 0 Å². The Bertz CT molecular complexity index is 1390. The summed E-state index contributed by atoms with van der Waals surface area (Å²) in [7, 11) is -1.13. The van der Waals surface area contributed by atoms with Crippen LogP contribution in [0, 0.1) is 0 Å². The summed E-state index contributed by atoms with van der Waals surface area (Å²) in [6.45, 7) is 4.49. The number of fused-ring (bicyclic) bond motifs is 1. The molecule has 2 amide bonds. The lowest BCUT2D eigenvalue weighted by Gasteiger charge is -2.30. The number of hydrogen-bond donors (Lipinski definition) is 3. The minimum Gasteiger partial charge on any atom is -0.396 e. The number of imidazole rings is 1. The molecular weight excluding hydrogens is 472 g/mol. The monoisotopic (exact) mass is 504 g/mol. The van der Waals surface area contributed by atoms with E-state index in [-0.39, 0.29) is 12.1 Å². The highest BCUT2D eigenvalue weighted by molar-refractivity contribution is 7.85. The molecule has 1 aliphatic rings. The van der Waals surface area contributed by atoms with E-state index in [0.717, 1.165) is 51.3 Å². The quantitative estimate of drug-likeness (QED) is 0.308. The number of hydrogen-bond acceptors (Lipinski definition) is 4. The summed E-state index contributed by atoms with van der Waals surface area (Å²) in [4.78, 5) is 16.9. The second-order valence-corrected chi connectivity index (χ2v) is 11.1. The lowest BCUT2D eigenvalue weighted by atomic mass is 9.92. The summed E-state index contributed by atoms with van der Waals surface area (Å²) in [5.74, 6) is 0.521. The highest BCUT2D eigenvalue weighted by Crippen LogP contribution is 2.44. The van der Waals surface area contributed by atoms with Gasteiger partial charge in [0.25, 0.3) is 0 Å². The first-order valence-electron chi connectivity index (χ1n) is 12.4. The third-order valence-electron chi connectivity index (χ3n) is 6.65. The van der Waals surface area contributed by atoms with Crippen molar-refractivity contribution in [3.63, 3.8) is 0 Å². The molecule has 2 heterocycles. The maximum absolute atomic E-state index is 13.1. The Balaban J connectivity index is 1.47. The van der Waals surface area contributed by atoms with Gasteiger partial charge >= 0.3 is 6.03 Å². The van der Waals surface area contributed by atoms with E-state index in [4.69, 9.17) is 5.73 Å². The third kappa shape index (κ3) is 4.88. The molecule has 36 heavy (non-hydrogen) atoms. The first-order chi connectivity index (χ1) is 17.4. The zero-order valence-electron chi connectivity index (χ0n) is 20.6. The molecule has 8 nitrogen and oxygen atoms in total. The molecule has 4 aromatic rings. The van der Waals surface area contributed by atoms with Gasteiger partial charge in [-0.15, -0.1) is 0 Å². The van der Waals surface area contributed by atoms with Gasteiger partial charge in [-0.05, 0) is 63.4 Å². The van der Waals surface area contributed by atoms with Crippen LogP contribution in [0.4, 0.5) is 16.2 Å². The van der Waals surface area contributed by atoms with E-state index >= 15 is 0 Å². The molecule has 188 valence electrons. The van der Waals surface area contributed by atoms with Gasteiger partial charge in [0, 0.05) is 58.3 Å². The van der Waals surface area contributed by atoms with Crippen molar-refractivity contribution in [2.75, 3.05) is 16.8 Å². The molecule has 0 radical (unpaired) electrons. The van der Waals surface area contributed by atoms with Crippen LogP contribution in [0.1, 0.15) is 39.2 Å². The fourth-order valence-corrected chi connectivity index (χ4v) is 5.72. The molecule has 2 aromatic carbocycles. The van der Waals surface area contributed by atoms with Crippen molar-refractivity contribution < 1.29 is 9.00 Å². The van der Waals surface area contributed by atoms with E-state index in [9.17, 15) is 9.00 Å². The molecule has 0 bridgehead atoms. The molecular formula is C27H32N6O2S. The Hall–Kier alpha value is -3.59. The van der Waals surface area contributed by atoms with Crippen molar-refractivity contribution in [1.82, 2.24) is 19.4 Å². The summed E-state index contributed by atoms with van der Waals surface area (Å²) in [5.41, 5.74) is 11.2. The molecule has 0 saturated heterocycles. The molecule has 5 rings (SSSR count). The minimum absolute atomic E-state index is 0.0624. The zero-order valence-corrected chi connectivity index (χ0v) is 21.4. The number of anilines is 2. The Labute approximate surface area is 213 Å². The van der Waals surface area contributed by atoms with E-state index in [1.165, 1.54) is 6.42 Å². The molecule has 1 fully saturated rings. The van der Waals surface area contributed by atoms with Crippen LogP contribution >= 0.6 is 0 Å². The van der Waals surface area contributed by atoms with Gasteiger partial charge in [0.2, 0.25) is 0 Å². The Kier molecular flexibility index (Phi) is 6.82. The Morgan fingerprint density at radius 2 is 1.97 bits per heavy atom. The number of carbonyl (C=O) groups excluding carboxylic acids is 1. The van der Waals surface area contributed by atoms with E-state index in [2.05, 4.69) is 20.2 Å². The van der Waals surface area contributed by atoms with Crippen molar-refractivity contribution in [3.8, 4) is 11.3 Å². The predicted octanol–water partition coefficient (Wildman–Crippen LogP) is 5.15. The van der Waals surface area contributed by atoms with Gasteiger partial charge in [0.15, 0.2) is 0 Å². The van der Waals surface area contributed by atoms with Crippen molar-refractivity contribution in [3.05, 3.63) is 61.2 Å². The van der Waals surface area contributed by atoms with Crippen LogP contribution in [0.15, 0.2) is 66.1 Å². The van der Waals surface area contributed by atoms with Gasteiger partial charge in [-0.25, -0.2) is 9.78 Å². The highest BCUT2D eigenvalue weighted by atomic mass is 32.2. The number of carbonyl (C=O) groups is 1. The number of aryl methyl sites for hydroxylation is 1. The number of amides is 2. The highest BCUT2D eigenvalue weighted by Gasteiger charge is 2.27. The molecule has 2 aromatic heterocycles. The van der Waals surface area contributed by atoms with Crippen molar-refractivity contribution in [2.45, 2.75) is 56.6 Å². The third-order valence-corrected chi connectivity index (χ3v) is 7.98. The molecule has 4 N–H and O–H groups in total. The minimum atomic E-state index is -1.13.